The van der Waals surface area contributed by atoms with Gasteiger partial charge in [-0.05, 0) is 67.0 Å². The van der Waals surface area contributed by atoms with Gasteiger partial charge < -0.3 is 4.90 Å². The van der Waals surface area contributed by atoms with Crippen molar-refractivity contribution in [1.29, 1.82) is 0 Å². The van der Waals surface area contributed by atoms with Crippen LogP contribution in [0, 0.1) is 0 Å². The maximum atomic E-state index is 11.9. The number of unbranched alkanes of at least 4 members (excludes halogenated alkanes) is 4. The highest BCUT2D eigenvalue weighted by atomic mass is 35.5. The van der Waals surface area contributed by atoms with Crippen LogP contribution in [0.1, 0.15) is 48.8 Å². The number of aryl methyl sites for hydroxylation is 2. The topological polar surface area (TPSA) is 41.6 Å². The molecule has 1 aliphatic heterocycles. The number of nitrogens with one attached hydrogen (secondary N) is 1. The van der Waals surface area contributed by atoms with Crippen LogP contribution in [-0.4, -0.2) is 12.5 Å². The van der Waals surface area contributed by atoms with Gasteiger partial charge in [-0.25, -0.2) is 5.48 Å². The van der Waals surface area contributed by atoms with Crippen molar-refractivity contribution in [3.63, 3.8) is 0 Å². The van der Waals surface area contributed by atoms with Crippen molar-refractivity contribution >= 4 is 28.9 Å². The van der Waals surface area contributed by atoms with Gasteiger partial charge in [0.15, 0.2) is 0 Å². The zero-order chi connectivity index (χ0) is 24.3. The molecule has 0 aromatic heterocycles. The molecule has 1 heterocycles. The Labute approximate surface area is 213 Å². The second-order valence-electron chi connectivity index (χ2n) is 8.90. The van der Waals surface area contributed by atoms with Crippen LogP contribution in [0.3, 0.4) is 0 Å². The molecule has 0 aliphatic carbocycles. The number of hydrogen-bond acceptors (Lipinski definition) is 3. The minimum Gasteiger partial charge on any atom is -0.341 e. The van der Waals surface area contributed by atoms with Gasteiger partial charge in [-0.3, -0.25) is 9.63 Å². The van der Waals surface area contributed by atoms with Crippen molar-refractivity contribution in [2.24, 2.45) is 0 Å². The average Bonchev–Trinajstić information content (AvgIpc) is 3.03. The van der Waals surface area contributed by atoms with E-state index in [1.165, 1.54) is 22.5 Å². The summed E-state index contributed by atoms with van der Waals surface area (Å²) >= 11 is 6.36. The lowest BCUT2D eigenvalue weighted by Gasteiger charge is -2.27. The Balaban J connectivity index is 1.18. The Morgan fingerprint density at radius 2 is 1.63 bits per heavy atom. The highest BCUT2D eigenvalue weighted by Gasteiger charge is 2.20. The minimum absolute atomic E-state index is 0.224. The van der Waals surface area contributed by atoms with E-state index in [2.05, 4.69) is 46.8 Å². The Bertz CT molecular complexity index is 1130. The first kappa shape index (κ1) is 25.0. The molecule has 1 aliphatic rings. The quantitative estimate of drug-likeness (QED) is 0.174. The summed E-state index contributed by atoms with van der Waals surface area (Å²) in [6.45, 7) is 1.33. The van der Waals surface area contributed by atoms with Crippen molar-refractivity contribution < 1.29 is 9.63 Å². The van der Waals surface area contributed by atoms with Crippen molar-refractivity contribution in [3.8, 4) is 0 Å². The number of hydrogen-bond donors (Lipinski definition) is 1. The van der Waals surface area contributed by atoms with Crippen LogP contribution >= 0.6 is 11.6 Å². The Morgan fingerprint density at radius 3 is 2.49 bits per heavy atom. The molecule has 4 nitrogen and oxygen atoms in total. The molecule has 0 radical (unpaired) electrons. The van der Waals surface area contributed by atoms with E-state index in [0.29, 0.717) is 6.61 Å². The lowest BCUT2D eigenvalue weighted by molar-refractivity contribution is -0.129. The van der Waals surface area contributed by atoms with Gasteiger partial charge in [-0.15, -0.1) is 0 Å². The largest absolute Gasteiger partial charge is 0.341 e. The summed E-state index contributed by atoms with van der Waals surface area (Å²) in [5.41, 5.74) is 8.79. The van der Waals surface area contributed by atoms with Gasteiger partial charge in [-0.2, -0.15) is 0 Å². The number of fused-ring (bicyclic) bond motifs is 2. The number of rotatable bonds is 11. The number of halogens is 1. The van der Waals surface area contributed by atoms with Gasteiger partial charge in [0.25, 0.3) is 5.91 Å². The van der Waals surface area contributed by atoms with Crippen molar-refractivity contribution in [2.75, 3.05) is 11.4 Å². The van der Waals surface area contributed by atoms with E-state index in [9.17, 15) is 4.79 Å². The van der Waals surface area contributed by atoms with Crippen LogP contribution in [0.4, 0.5) is 11.4 Å². The average molecular weight is 489 g/mol. The number of amides is 1. The van der Waals surface area contributed by atoms with Crippen LogP contribution < -0.4 is 10.4 Å². The monoisotopic (exact) mass is 488 g/mol. The number of para-hydroxylation sites is 1. The normalized spacial score (nSPS) is 12.8. The van der Waals surface area contributed by atoms with Gasteiger partial charge in [0, 0.05) is 29.0 Å². The first-order chi connectivity index (χ1) is 17.2. The fourth-order valence-corrected chi connectivity index (χ4v) is 4.67. The van der Waals surface area contributed by atoms with Crippen molar-refractivity contribution in [1.82, 2.24) is 5.48 Å². The lowest BCUT2D eigenvalue weighted by Crippen LogP contribution is -2.21. The Morgan fingerprint density at radius 1 is 0.886 bits per heavy atom. The molecule has 4 rings (SSSR count). The molecule has 0 fully saturated rings. The van der Waals surface area contributed by atoms with Gasteiger partial charge in [0.2, 0.25) is 0 Å². The number of nitrogens with zero attached hydrogens (tertiary/aromatic N) is 1. The molecule has 0 unspecified atom stereocenters. The smallest absolute Gasteiger partial charge is 0.267 e. The molecule has 5 heteroatoms. The van der Waals surface area contributed by atoms with Crippen LogP contribution in [-0.2, 0) is 29.1 Å². The highest BCUT2D eigenvalue weighted by molar-refractivity contribution is 6.30. The lowest BCUT2D eigenvalue weighted by atomic mass is 10.0. The summed E-state index contributed by atoms with van der Waals surface area (Å²) in [6, 6.07) is 24.8. The van der Waals surface area contributed by atoms with E-state index in [4.69, 9.17) is 16.4 Å². The third-order valence-electron chi connectivity index (χ3n) is 6.31. The van der Waals surface area contributed by atoms with Crippen LogP contribution in [0.2, 0.25) is 5.02 Å². The minimum atomic E-state index is -0.224. The van der Waals surface area contributed by atoms with Gasteiger partial charge in [0.1, 0.15) is 0 Å². The Hall–Kier alpha value is -3.08. The first-order valence-electron chi connectivity index (χ1n) is 12.5. The van der Waals surface area contributed by atoms with E-state index in [0.717, 1.165) is 62.1 Å². The molecule has 0 saturated heterocycles. The molecular formula is C30H33ClN2O2. The van der Waals surface area contributed by atoms with E-state index in [1.54, 1.807) is 6.08 Å². The molecular weight excluding hydrogens is 456 g/mol. The summed E-state index contributed by atoms with van der Waals surface area (Å²) in [6.07, 6.45) is 10.9. The maximum Gasteiger partial charge on any atom is 0.267 e. The number of anilines is 2. The molecule has 3 aromatic carbocycles. The third-order valence-corrected chi connectivity index (χ3v) is 6.55. The molecule has 1 N–H and O–H groups in total. The number of carbonyl (C=O) groups is 1. The SMILES string of the molecule is O=C(/C=C/CCCCCCN1c2ccccc2CCc2ccc(Cl)cc21)NOCc1ccccc1. The van der Waals surface area contributed by atoms with E-state index >= 15 is 0 Å². The van der Waals surface area contributed by atoms with Gasteiger partial charge in [-0.1, -0.05) is 85.1 Å². The fourth-order valence-electron chi connectivity index (χ4n) is 4.50. The summed E-state index contributed by atoms with van der Waals surface area (Å²) < 4.78 is 0. The third kappa shape index (κ3) is 7.45. The number of carbonyl (C=O) groups excluding carboxylic acids is 1. The second-order valence-corrected chi connectivity index (χ2v) is 9.34. The maximum absolute atomic E-state index is 11.9. The predicted octanol–water partition coefficient (Wildman–Crippen LogP) is 7.33. The number of benzene rings is 3. The standard InChI is InChI=1S/C30H33ClN2O2/c31-27-20-19-26-18-17-25-14-9-10-15-28(25)33(29(26)22-27)21-11-4-2-1-3-8-16-30(34)32-35-23-24-12-6-5-7-13-24/h5-10,12-16,19-20,22H,1-4,11,17-18,21,23H2,(H,32,34)/b16-8+. The number of hydroxylamine groups is 1. The summed E-state index contributed by atoms with van der Waals surface area (Å²) in [5, 5.41) is 0.787. The molecule has 0 saturated carbocycles. The van der Waals surface area contributed by atoms with Crippen LogP contribution in [0.15, 0.2) is 84.9 Å². The molecule has 0 atom stereocenters. The summed E-state index contributed by atoms with van der Waals surface area (Å²) in [4.78, 5) is 19.6. The van der Waals surface area contributed by atoms with E-state index in [-0.39, 0.29) is 5.91 Å². The predicted molar refractivity (Wildman–Crippen MR) is 144 cm³/mol. The summed E-state index contributed by atoms with van der Waals surface area (Å²) in [7, 11) is 0. The molecule has 0 spiro atoms. The Kier molecular flexibility index (Phi) is 9.39. The highest BCUT2D eigenvalue weighted by Crippen LogP contribution is 2.37. The van der Waals surface area contributed by atoms with E-state index < -0.39 is 0 Å². The zero-order valence-electron chi connectivity index (χ0n) is 20.1. The van der Waals surface area contributed by atoms with Crippen LogP contribution in [0.25, 0.3) is 0 Å². The second kappa shape index (κ2) is 13.1. The molecule has 1 amide bonds. The molecule has 182 valence electrons. The van der Waals surface area contributed by atoms with Gasteiger partial charge >= 0.3 is 0 Å². The van der Waals surface area contributed by atoms with Crippen molar-refractivity contribution in [3.05, 3.63) is 107 Å². The fraction of sp³-hybridized carbons (Fsp3) is 0.300. The zero-order valence-corrected chi connectivity index (χ0v) is 20.8. The number of allylic oxidation sites excluding steroid dienone is 1. The summed E-state index contributed by atoms with van der Waals surface area (Å²) in [5.74, 6) is -0.224. The first-order valence-corrected chi connectivity index (χ1v) is 12.8. The van der Waals surface area contributed by atoms with Gasteiger partial charge in [0.05, 0.1) is 6.61 Å². The molecule has 0 bridgehead atoms. The molecule has 3 aromatic rings. The van der Waals surface area contributed by atoms with Crippen molar-refractivity contribution in [2.45, 2.75) is 51.6 Å². The van der Waals surface area contributed by atoms with Crippen LogP contribution in [0.5, 0.6) is 0 Å². The van der Waals surface area contributed by atoms with E-state index in [1.807, 2.05) is 42.5 Å². The molecule has 35 heavy (non-hydrogen) atoms.